The van der Waals surface area contributed by atoms with Crippen molar-refractivity contribution in [2.45, 2.75) is 19.7 Å². The van der Waals surface area contributed by atoms with E-state index in [2.05, 4.69) is 5.32 Å². The van der Waals surface area contributed by atoms with Crippen LogP contribution in [0.1, 0.15) is 16.7 Å². The molecule has 0 heterocycles. The average Bonchev–Trinajstić information content (AvgIpc) is 2.63. The lowest BCUT2D eigenvalue weighted by atomic mass is 10.1. The fraction of sp³-hybridized carbons (Fsp3) is 0.333. The second-order valence-electron chi connectivity index (χ2n) is 5.42. The van der Waals surface area contributed by atoms with Crippen LogP contribution in [0, 0.1) is 0 Å². The van der Waals surface area contributed by atoms with Crippen molar-refractivity contribution in [3.63, 3.8) is 0 Å². The molecule has 136 valence electrons. The van der Waals surface area contributed by atoms with Gasteiger partial charge in [0.15, 0.2) is 23.0 Å². The van der Waals surface area contributed by atoms with E-state index in [-0.39, 0.29) is 18.1 Å². The smallest absolute Gasteiger partial charge is 0.200 e. The Balaban J connectivity index is 2.11. The predicted molar refractivity (Wildman–Crippen MR) is 92.3 cm³/mol. The molecule has 0 saturated heterocycles. The first-order valence-corrected chi connectivity index (χ1v) is 7.68. The lowest BCUT2D eigenvalue weighted by molar-refractivity contribution is 0.272. The van der Waals surface area contributed by atoms with E-state index in [4.69, 9.17) is 14.2 Å². The number of aliphatic hydroxyl groups excluding tert-OH is 1. The first-order valence-electron chi connectivity index (χ1n) is 7.68. The summed E-state index contributed by atoms with van der Waals surface area (Å²) < 4.78 is 15.4. The van der Waals surface area contributed by atoms with Crippen LogP contribution < -0.4 is 19.5 Å². The molecule has 0 radical (unpaired) electrons. The number of methoxy groups -OCH3 is 3. The largest absolute Gasteiger partial charge is 0.504 e. The van der Waals surface area contributed by atoms with E-state index in [0.29, 0.717) is 35.9 Å². The monoisotopic (exact) mass is 349 g/mol. The molecule has 2 rings (SSSR count). The fourth-order valence-corrected chi connectivity index (χ4v) is 2.51. The molecule has 2 aromatic rings. The number of phenols is 2. The fourth-order valence-electron chi connectivity index (χ4n) is 2.51. The third kappa shape index (κ3) is 4.26. The molecule has 0 atom stereocenters. The molecule has 2 aromatic carbocycles. The Labute approximate surface area is 146 Å². The molecule has 0 unspecified atom stereocenters. The van der Waals surface area contributed by atoms with Crippen LogP contribution in [0.2, 0.25) is 0 Å². The highest BCUT2D eigenvalue weighted by atomic mass is 16.5. The number of nitrogens with one attached hydrogen (secondary N) is 1. The first-order chi connectivity index (χ1) is 12.0. The van der Waals surface area contributed by atoms with Crippen LogP contribution >= 0.6 is 0 Å². The molecule has 0 bridgehead atoms. The number of benzene rings is 2. The van der Waals surface area contributed by atoms with E-state index < -0.39 is 0 Å². The Hall–Kier alpha value is -2.64. The summed E-state index contributed by atoms with van der Waals surface area (Å²) in [5.41, 5.74) is 2.14. The van der Waals surface area contributed by atoms with Gasteiger partial charge in [0.2, 0.25) is 5.75 Å². The minimum atomic E-state index is -0.275. The Bertz CT molecular complexity index is 620. The molecule has 0 aromatic heterocycles. The molecule has 4 N–H and O–H groups in total. The van der Waals surface area contributed by atoms with Crippen molar-refractivity contribution in [2.75, 3.05) is 21.3 Å². The Morgan fingerprint density at radius 1 is 0.760 bits per heavy atom. The minimum absolute atomic E-state index is 0.0374. The molecule has 0 amide bonds. The van der Waals surface area contributed by atoms with Gasteiger partial charge in [0.25, 0.3) is 0 Å². The van der Waals surface area contributed by atoms with Crippen LogP contribution in [0.5, 0.6) is 28.7 Å². The third-order valence-electron chi connectivity index (χ3n) is 3.80. The maximum Gasteiger partial charge on any atom is 0.200 e. The number of hydrogen-bond donors (Lipinski definition) is 4. The zero-order valence-electron chi connectivity index (χ0n) is 14.5. The topological polar surface area (TPSA) is 100 Å². The van der Waals surface area contributed by atoms with Crippen molar-refractivity contribution >= 4 is 0 Å². The summed E-state index contributed by atoms with van der Waals surface area (Å²) in [5.74, 6) is 0.901. The van der Waals surface area contributed by atoms with Gasteiger partial charge >= 0.3 is 0 Å². The molecular weight excluding hydrogens is 326 g/mol. The van der Waals surface area contributed by atoms with Gasteiger partial charge in [0.1, 0.15) is 0 Å². The highest BCUT2D eigenvalue weighted by Crippen LogP contribution is 2.37. The second kappa shape index (κ2) is 8.46. The van der Waals surface area contributed by atoms with Gasteiger partial charge in [-0.15, -0.1) is 0 Å². The number of ether oxygens (including phenoxy) is 3. The summed E-state index contributed by atoms with van der Waals surface area (Å²) in [5, 5.41) is 32.4. The number of phenolic OH excluding ortho intramolecular Hbond substituents is 1. The van der Waals surface area contributed by atoms with Crippen molar-refractivity contribution in [1.82, 2.24) is 5.32 Å². The van der Waals surface area contributed by atoms with Crippen LogP contribution in [0.3, 0.4) is 0 Å². The maximum atomic E-state index is 9.93. The molecule has 0 spiro atoms. The summed E-state index contributed by atoms with van der Waals surface area (Å²) in [7, 11) is 4.41. The van der Waals surface area contributed by atoms with Gasteiger partial charge in [-0.2, -0.15) is 0 Å². The molecule has 0 fully saturated rings. The van der Waals surface area contributed by atoms with E-state index in [9.17, 15) is 15.3 Å². The standard InChI is InChI=1S/C18H23NO6/c1-23-14-5-11(4-13(10-20)17(14)21)8-19-9-12-6-15(24-2)18(22)16(7-12)25-3/h4-7,19-22H,8-10H2,1-3H3. The number of rotatable bonds is 8. The van der Waals surface area contributed by atoms with E-state index in [1.54, 1.807) is 24.3 Å². The summed E-state index contributed by atoms with van der Waals surface area (Å²) in [6.45, 7) is 0.724. The van der Waals surface area contributed by atoms with Crippen molar-refractivity contribution in [1.29, 1.82) is 0 Å². The Morgan fingerprint density at radius 3 is 1.64 bits per heavy atom. The number of aliphatic hydroxyl groups is 1. The van der Waals surface area contributed by atoms with Gasteiger partial charge in [-0.1, -0.05) is 0 Å². The normalized spacial score (nSPS) is 10.6. The maximum absolute atomic E-state index is 9.93. The minimum Gasteiger partial charge on any atom is -0.504 e. The zero-order chi connectivity index (χ0) is 18.4. The highest BCUT2D eigenvalue weighted by Gasteiger charge is 2.12. The first kappa shape index (κ1) is 18.7. The Morgan fingerprint density at radius 2 is 1.20 bits per heavy atom. The van der Waals surface area contributed by atoms with Gasteiger partial charge < -0.3 is 34.8 Å². The molecular formula is C18H23NO6. The van der Waals surface area contributed by atoms with Crippen LogP contribution in [0.15, 0.2) is 24.3 Å². The lowest BCUT2D eigenvalue weighted by Gasteiger charge is -2.13. The van der Waals surface area contributed by atoms with Crippen molar-refractivity contribution in [2.24, 2.45) is 0 Å². The van der Waals surface area contributed by atoms with E-state index in [0.717, 1.165) is 11.1 Å². The van der Waals surface area contributed by atoms with Gasteiger partial charge in [-0.3, -0.25) is 0 Å². The summed E-state index contributed by atoms with van der Waals surface area (Å²) in [4.78, 5) is 0. The van der Waals surface area contributed by atoms with E-state index in [1.807, 2.05) is 0 Å². The lowest BCUT2D eigenvalue weighted by Crippen LogP contribution is -2.13. The summed E-state index contributed by atoms with van der Waals surface area (Å²) in [6, 6.07) is 6.87. The molecule has 7 nitrogen and oxygen atoms in total. The van der Waals surface area contributed by atoms with Crippen LogP contribution in [0.25, 0.3) is 0 Å². The van der Waals surface area contributed by atoms with Gasteiger partial charge in [-0.25, -0.2) is 0 Å². The number of hydrogen-bond acceptors (Lipinski definition) is 7. The quantitative estimate of drug-likeness (QED) is 0.577. The zero-order valence-corrected chi connectivity index (χ0v) is 14.5. The summed E-state index contributed by atoms with van der Waals surface area (Å²) >= 11 is 0. The molecule has 0 aliphatic rings. The van der Waals surface area contributed by atoms with Crippen molar-refractivity contribution in [3.8, 4) is 28.7 Å². The number of aromatic hydroxyl groups is 2. The van der Waals surface area contributed by atoms with Crippen LogP contribution in [-0.2, 0) is 19.7 Å². The Kier molecular flexibility index (Phi) is 6.32. The van der Waals surface area contributed by atoms with Crippen LogP contribution in [0.4, 0.5) is 0 Å². The summed E-state index contributed by atoms with van der Waals surface area (Å²) in [6.07, 6.45) is 0. The van der Waals surface area contributed by atoms with Gasteiger partial charge in [-0.05, 0) is 35.4 Å². The van der Waals surface area contributed by atoms with Crippen molar-refractivity contribution < 1.29 is 29.5 Å². The van der Waals surface area contributed by atoms with Gasteiger partial charge in [0, 0.05) is 18.7 Å². The SMILES string of the molecule is COc1cc(CNCc2cc(OC)c(O)c(OC)c2)cc(CO)c1O. The van der Waals surface area contributed by atoms with Crippen molar-refractivity contribution in [3.05, 3.63) is 41.0 Å². The highest BCUT2D eigenvalue weighted by molar-refractivity contribution is 5.52. The third-order valence-corrected chi connectivity index (χ3v) is 3.80. The molecule has 0 aliphatic carbocycles. The average molecular weight is 349 g/mol. The van der Waals surface area contributed by atoms with Crippen LogP contribution in [-0.4, -0.2) is 36.6 Å². The van der Waals surface area contributed by atoms with E-state index in [1.165, 1.54) is 21.3 Å². The molecule has 0 saturated carbocycles. The molecule has 25 heavy (non-hydrogen) atoms. The van der Waals surface area contributed by atoms with Gasteiger partial charge in [0.05, 0.1) is 27.9 Å². The molecule has 0 aliphatic heterocycles. The molecule has 7 heteroatoms. The second-order valence-corrected chi connectivity index (χ2v) is 5.42. The van der Waals surface area contributed by atoms with E-state index >= 15 is 0 Å². The predicted octanol–water partition coefficient (Wildman–Crippen LogP) is 1.91.